The standard InChI is InChI=1S/C30H30N2O4/c1-29(2)12-13-30(3,4)22-16-25-20(15-21(22)29)26(17-6-8-18(9-7-17)27(33)34)31-23-14-19(28(35)36)10-11-24(23)32(25)5/h6-11,14-16H,12-13H2,1-5H3,(H,33,34)(H,35,36). The molecule has 5 rings (SSSR count). The highest BCUT2D eigenvalue weighted by atomic mass is 16.4. The maximum atomic E-state index is 11.7. The minimum Gasteiger partial charge on any atom is -0.478 e. The van der Waals surface area contributed by atoms with Crippen LogP contribution in [0.2, 0.25) is 0 Å². The number of carboxylic acids is 2. The third kappa shape index (κ3) is 3.77. The second kappa shape index (κ2) is 8.05. The SMILES string of the molecule is CN1c2ccc(C(=O)O)cc2N=C(c2ccc(C(=O)O)cc2)c2cc3c(cc21)C(C)(C)CCC3(C)C. The van der Waals surface area contributed by atoms with Crippen molar-refractivity contribution < 1.29 is 19.8 Å². The summed E-state index contributed by atoms with van der Waals surface area (Å²) in [6, 6.07) is 16.2. The van der Waals surface area contributed by atoms with Crippen LogP contribution in [0.15, 0.2) is 59.6 Å². The molecule has 0 unspecified atom stereocenters. The van der Waals surface area contributed by atoms with Crippen molar-refractivity contribution in [2.75, 3.05) is 11.9 Å². The van der Waals surface area contributed by atoms with Gasteiger partial charge in [-0.05, 0) is 77.3 Å². The molecule has 2 N–H and O–H groups in total. The molecule has 1 aliphatic carbocycles. The van der Waals surface area contributed by atoms with Gasteiger partial charge in [-0.15, -0.1) is 0 Å². The van der Waals surface area contributed by atoms with E-state index in [9.17, 15) is 19.8 Å². The Morgan fingerprint density at radius 1 is 0.778 bits per heavy atom. The number of hydrogen-bond acceptors (Lipinski definition) is 4. The molecular weight excluding hydrogens is 452 g/mol. The van der Waals surface area contributed by atoms with Crippen molar-refractivity contribution in [1.82, 2.24) is 0 Å². The molecule has 3 aromatic rings. The zero-order valence-electron chi connectivity index (χ0n) is 21.2. The molecule has 6 nitrogen and oxygen atoms in total. The highest BCUT2D eigenvalue weighted by Crippen LogP contribution is 2.50. The number of carbonyl (C=O) groups is 2. The fraction of sp³-hybridized carbons (Fsp3) is 0.300. The quantitative estimate of drug-likeness (QED) is 0.434. The summed E-state index contributed by atoms with van der Waals surface area (Å²) in [6.07, 6.45) is 2.16. The molecule has 2 aliphatic rings. The lowest BCUT2D eigenvalue weighted by Gasteiger charge is -2.43. The van der Waals surface area contributed by atoms with Crippen LogP contribution in [-0.4, -0.2) is 34.9 Å². The van der Waals surface area contributed by atoms with Gasteiger partial charge in [0.15, 0.2) is 0 Å². The van der Waals surface area contributed by atoms with Crippen LogP contribution in [0, 0.1) is 0 Å². The number of anilines is 2. The van der Waals surface area contributed by atoms with E-state index < -0.39 is 11.9 Å². The second-order valence-corrected chi connectivity index (χ2v) is 11.1. The van der Waals surface area contributed by atoms with Gasteiger partial charge in [-0.1, -0.05) is 39.8 Å². The van der Waals surface area contributed by atoms with E-state index in [1.54, 1.807) is 42.5 Å². The molecule has 0 radical (unpaired) electrons. The molecule has 3 aromatic carbocycles. The summed E-state index contributed by atoms with van der Waals surface area (Å²) in [6.45, 7) is 9.13. The predicted molar refractivity (Wildman–Crippen MR) is 142 cm³/mol. The van der Waals surface area contributed by atoms with Crippen LogP contribution in [0.5, 0.6) is 0 Å². The molecule has 0 saturated carbocycles. The van der Waals surface area contributed by atoms with Gasteiger partial charge in [0.25, 0.3) is 0 Å². The van der Waals surface area contributed by atoms with Gasteiger partial charge in [0.05, 0.1) is 33.9 Å². The van der Waals surface area contributed by atoms with E-state index in [-0.39, 0.29) is 22.0 Å². The number of aromatic carboxylic acids is 2. The Kier molecular flexibility index (Phi) is 5.32. The fourth-order valence-corrected chi connectivity index (χ4v) is 5.40. The minimum absolute atomic E-state index is 0.00758. The first kappa shape index (κ1) is 23.8. The average molecular weight is 483 g/mol. The highest BCUT2D eigenvalue weighted by molar-refractivity contribution is 6.19. The number of nitrogens with zero attached hydrogens (tertiary/aromatic N) is 2. The van der Waals surface area contributed by atoms with Gasteiger partial charge in [0.1, 0.15) is 0 Å². The van der Waals surface area contributed by atoms with Gasteiger partial charge in [-0.2, -0.15) is 0 Å². The van der Waals surface area contributed by atoms with Crippen molar-refractivity contribution in [3.8, 4) is 0 Å². The molecule has 1 aliphatic heterocycles. The Morgan fingerprint density at radius 3 is 1.92 bits per heavy atom. The topological polar surface area (TPSA) is 90.2 Å². The summed E-state index contributed by atoms with van der Waals surface area (Å²) in [5.74, 6) is -2.00. The monoisotopic (exact) mass is 482 g/mol. The zero-order chi connectivity index (χ0) is 26.0. The van der Waals surface area contributed by atoms with Crippen LogP contribution in [0.1, 0.15) is 83.5 Å². The first-order valence-corrected chi connectivity index (χ1v) is 12.1. The van der Waals surface area contributed by atoms with Crippen LogP contribution in [-0.2, 0) is 10.8 Å². The maximum absolute atomic E-state index is 11.7. The lowest BCUT2D eigenvalue weighted by molar-refractivity contribution is 0.0686. The normalized spacial score (nSPS) is 17.2. The molecule has 1 heterocycles. The van der Waals surface area contributed by atoms with E-state index >= 15 is 0 Å². The molecule has 0 fully saturated rings. The Hall–Kier alpha value is -3.93. The lowest BCUT2D eigenvalue weighted by Crippen LogP contribution is -2.34. The molecule has 0 saturated heterocycles. The van der Waals surface area contributed by atoms with E-state index in [1.165, 1.54) is 11.1 Å². The molecule has 0 spiro atoms. The summed E-state index contributed by atoms with van der Waals surface area (Å²) in [7, 11) is 1.98. The average Bonchev–Trinajstić information content (AvgIpc) is 2.95. The Balaban J connectivity index is 1.83. The highest BCUT2D eigenvalue weighted by Gasteiger charge is 2.39. The van der Waals surface area contributed by atoms with Crippen LogP contribution in [0.3, 0.4) is 0 Å². The molecule has 0 bridgehead atoms. The van der Waals surface area contributed by atoms with Crippen LogP contribution >= 0.6 is 0 Å². The van der Waals surface area contributed by atoms with Gasteiger partial charge in [0, 0.05) is 18.2 Å². The number of benzene rings is 3. The van der Waals surface area contributed by atoms with Crippen LogP contribution < -0.4 is 4.90 Å². The number of carboxylic acid groups (broad SMARTS) is 2. The minimum atomic E-state index is -1.01. The second-order valence-electron chi connectivity index (χ2n) is 11.1. The lowest BCUT2D eigenvalue weighted by atomic mass is 9.62. The molecular formula is C30H30N2O4. The third-order valence-corrected chi connectivity index (χ3v) is 7.81. The summed E-state index contributed by atoms with van der Waals surface area (Å²) >= 11 is 0. The molecule has 0 amide bonds. The van der Waals surface area contributed by atoms with Crippen molar-refractivity contribution in [1.29, 1.82) is 0 Å². The van der Waals surface area contributed by atoms with Crippen molar-refractivity contribution in [3.05, 3.63) is 88.0 Å². The Labute approximate surface area is 210 Å². The van der Waals surface area contributed by atoms with E-state index in [0.717, 1.165) is 35.3 Å². The van der Waals surface area contributed by atoms with E-state index in [2.05, 4.69) is 44.7 Å². The van der Waals surface area contributed by atoms with E-state index in [0.29, 0.717) is 11.4 Å². The number of rotatable bonds is 3. The van der Waals surface area contributed by atoms with Gasteiger partial charge in [-0.25, -0.2) is 14.6 Å². The van der Waals surface area contributed by atoms with Crippen molar-refractivity contribution in [3.63, 3.8) is 0 Å². The predicted octanol–water partition coefficient (Wildman–Crippen LogP) is 6.68. The van der Waals surface area contributed by atoms with Gasteiger partial charge in [-0.3, -0.25) is 0 Å². The summed E-state index contributed by atoms with van der Waals surface area (Å²) in [5.41, 5.74) is 7.75. The Bertz CT molecular complexity index is 1450. The molecule has 0 aromatic heterocycles. The van der Waals surface area contributed by atoms with Crippen molar-refractivity contribution in [2.45, 2.75) is 51.4 Å². The van der Waals surface area contributed by atoms with Crippen molar-refractivity contribution >= 4 is 34.7 Å². The number of aliphatic imine (C=N–C) groups is 1. The molecule has 6 heteroatoms. The molecule has 36 heavy (non-hydrogen) atoms. The number of hydrogen-bond donors (Lipinski definition) is 2. The summed E-state index contributed by atoms with van der Waals surface area (Å²) in [5, 5.41) is 19.0. The molecule has 0 atom stereocenters. The van der Waals surface area contributed by atoms with Gasteiger partial charge < -0.3 is 15.1 Å². The van der Waals surface area contributed by atoms with Crippen molar-refractivity contribution in [2.24, 2.45) is 4.99 Å². The first-order chi connectivity index (χ1) is 16.9. The largest absolute Gasteiger partial charge is 0.478 e. The Morgan fingerprint density at radius 2 is 1.33 bits per heavy atom. The molecule has 184 valence electrons. The maximum Gasteiger partial charge on any atom is 0.335 e. The zero-order valence-corrected chi connectivity index (χ0v) is 21.2. The number of fused-ring (bicyclic) bond motifs is 3. The first-order valence-electron chi connectivity index (χ1n) is 12.1. The van der Waals surface area contributed by atoms with Crippen LogP contribution in [0.25, 0.3) is 0 Å². The fourth-order valence-electron chi connectivity index (χ4n) is 5.40. The van der Waals surface area contributed by atoms with E-state index in [1.807, 2.05) is 7.05 Å². The summed E-state index contributed by atoms with van der Waals surface area (Å²) < 4.78 is 0. The third-order valence-electron chi connectivity index (χ3n) is 7.81. The van der Waals surface area contributed by atoms with Gasteiger partial charge in [0.2, 0.25) is 0 Å². The summed E-state index contributed by atoms with van der Waals surface area (Å²) in [4.78, 5) is 30.3. The van der Waals surface area contributed by atoms with Gasteiger partial charge >= 0.3 is 11.9 Å². The smallest absolute Gasteiger partial charge is 0.335 e. The van der Waals surface area contributed by atoms with Crippen LogP contribution in [0.4, 0.5) is 17.1 Å². The van der Waals surface area contributed by atoms with E-state index in [4.69, 9.17) is 4.99 Å².